The molecule has 1 N–H and O–H groups in total. The maximum absolute atomic E-state index is 13.1. The molecule has 0 aliphatic carbocycles. The van der Waals surface area contributed by atoms with E-state index in [0.29, 0.717) is 12.3 Å². The first kappa shape index (κ1) is 14.7. The predicted octanol–water partition coefficient (Wildman–Crippen LogP) is 4.53. The summed E-state index contributed by atoms with van der Waals surface area (Å²) in [6.07, 6.45) is -0.0503. The lowest BCUT2D eigenvalue weighted by Crippen LogP contribution is -2.04. The molecule has 0 fully saturated rings. The predicted molar refractivity (Wildman–Crippen MR) is 80.3 cm³/mol. The molecule has 2 aromatic carbocycles. The normalized spacial score (nSPS) is 12.7. The Morgan fingerprint density at radius 1 is 1.05 bits per heavy atom. The summed E-state index contributed by atoms with van der Waals surface area (Å²) >= 11 is 0. The van der Waals surface area contributed by atoms with Crippen LogP contribution in [-0.2, 0) is 6.42 Å². The molecule has 20 heavy (non-hydrogen) atoms. The van der Waals surface area contributed by atoms with Gasteiger partial charge in [0.1, 0.15) is 5.82 Å². The molecule has 0 saturated heterocycles. The third kappa shape index (κ3) is 3.45. The minimum Gasteiger partial charge on any atom is -0.388 e. The topological polar surface area (TPSA) is 20.2 Å². The number of hydrogen-bond acceptors (Lipinski definition) is 1. The number of halogens is 1. The summed E-state index contributed by atoms with van der Waals surface area (Å²) in [6, 6.07) is 12.8. The third-order valence-corrected chi connectivity index (χ3v) is 3.67. The number of hydrogen-bond donors (Lipinski definition) is 1. The van der Waals surface area contributed by atoms with E-state index >= 15 is 0 Å². The zero-order chi connectivity index (χ0) is 14.7. The standard InChI is InChI=1S/C18H21FO/c1-12(2)15-6-4-14(5-7-15)11-18(20)17-9-8-16(19)10-13(17)3/h4-10,12,18,20H,11H2,1-3H3. The molecule has 0 saturated carbocycles. The lowest BCUT2D eigenvalue weighted by Gasteiger charge is -2.14. The van der Waals surface area contributed by atoms with Crippen LogP contribution in [0.5, 0.6) is 0 Å². The smallest absolute Gasteiger partial charge is 0.123 e. The van der Waals surface area contributed by atoms with Gasteiger partial charge in [-0.05, 0) is 47.2 Å². The van der Waals surface area contributed by atoms with Crippen LogP contribution >= 0.6 is 0 Å². The van der Waals surface area contributed by atoms with E-state index in [1.165, 1.54) is 17.7 Å². The summed E-state index contributed by atoms with van der Waals surface area (Å²) in [5.74, 6) is 0.244. The summed E-state index contributed by atoms with van der Waals surface area (Å²) in [4.78, 5) is 0. The molecule has 0 amide bonds. The highest BCUT2D eigenvalue weighted by molar-refractivity contribution is 5.31. The van der Waals surface area contributed by atoms with E-state index in [1.807, 2.05) is 6.92 Å². The number of aryl methyl sites for hydroxylation is 1. The van der Waals surface area contributed by atoms with Crippen molar-refractivity contribution < 1.29 is 9.50 Å². The van der Waals surface area contributed by atoms with Crippen molar-refractivity contribution in [3.63, 3.8) is 0 Å². The summed E-state index contributed by atoms with van der Waals surface area (Å²) in [5, 5.41) is 10.3. The van der Waals surface area contributed by atoms with Crippen molar-refractivity contribution in [2.45, 2.75) is 39.2 Å². The molecule has 2 aromatic rings. The van der Waals surface area contributed by atoms with E-state index in [2.05, 4.69) is 38.1 Å². The van der Waals surface area contributed by atoms with Gasteiger partial charge in [0.15, 0.2) is 0 Å². The average molecular weight is 272 g/mol. The minimum absolute atomic E-state index is 0.264. The molecular weight excluding hydrogens is 251 g/mol. The fraction of sp³-hybridized carbons (Fsp3) is 0.333. The second kappa shape index (κ2) is 6.19. The van der Waals surface area contributed by atoms with Crippen LogP contribution in [0.25, 0.3) is 0 Å². The number of aliphatic hydroxyl groups excluding tert-OH is 1. The molecule has 106 valence electrons. The van der Waals surface area contributed by atoms with Gasteiger partial charge in [-0.15, -0.1) is 0 Å². The van der Waals surface area contributed by atoms with Gasteiger partial charge in [0.05, 0.1) is 6.10 Å². The van der Waals surface area contributed by atoms with Gasteiger partial charge >= 0.3 is 0 Å². The Hall–Kier alpha value is -1.67. The molecule has 0 heterocycles. The van der Waals surface area contributed by atoms with Crippen molar-refractivity contribution in [1.29, 1.82) is 0 Å². The van der Waals surface area contributed by atoms with E-state index in [4.69, 9.17) is 0 Å². The summed E-state index contributed by atoms with van der Waals surface area (Å²) in [6.45, 7) is 6.14. The minimum atomic E-state index is -0.597. The van der Waals surface area contributed by atoms with E-state index < -0.39 is 6.10 Å². The first-order chi connectivity index (χ1) is 9.47. The van der Waals surface area contributed by atoms with Crippen LogP contribution in [0.3, 0.4) is 0 Å². The molecule has 1 unspecified atom stereocenters. The Balaban J connectivity index is 2.12. The Morgan fingerprint density at radius 3 is 2.25 bits per heavy atom. The van der Waals surface area contributed by atoms with E-state index in [-0.39, 0.29) is 5.82 Å². The number of benzene rings is 2. The molecule has 0 aliphatic heterocycles. The van der Waals surface area contributed by atoms with Gasteiger partial charge in [-0.3, -0.25) is 0 Å². The van der Waals surface area contributed by atoms with E-state index in [1.54, 1.807) is 6.07 Å². The van der Waals surface area contributed by atoms with Crippen molar-refractivity contribution in [3.8, 4) is 0 Å². The molecule has 2 rings (SSSR count). The SMILES string of the molecule is Cc1cc(F)ccc1C(O)Cc1ccc(C(C)C)cc1. The first-order valence-electron chi connectivity index (χ1n) is 7.00. The van der Waals surface area contributed by atoms with Crippen LogP contribution in [0.15, 0.2) is 42.5 Å². The maximum Gasteiger partial charge on any atom is 0.123 e. The lowest BCUT2D eigenvalue weighted by atomic mass is 9.95. The average Bonchev–Trinajstić information content (AvgIpc) is 2.39. The monoisotopic (exact) mass is 272 g/mol. The van der Waals surface area contributed by atoms with Crippen molar-refractivity contribution in [3.05, 3.63) is 70.5 Å². The Labute approximate surface area is 120 Å². The quantitative estimate of drug-likeness (QED) is 0.866. The number of rotatable bonds is 4. The fourth-order valence-electron chi connectivity index (χ4n) is 2.38. The molecule has 0 bridgehead atoms. The molecule has 0 aromatic heterocycles. The van der Waals surface area contributed by atoms with Crippen LogP contribution in [0.1, 0.15) is 48.1 Å². The van der Waals surface area contributed by atoms with Crippen molar-refractivity contribution >= 4 is 0 Å². The van der Waals surface area contributed by atoms with Gasteiger partial charge in [0.25, 0.3) is 0 Å². The molecule has 1 nitrogen and oxygen atoms in total. The van der Waals surface area contributed by atoms with E-state index in [9.17, 15) is 9.50 Å². The molecule has 1 atom stereocenters. The maximum atomic E-state index is 13.1. The van der Waals surface area contributed by atoms with E-state index in [0.717, 1.165) is 16.7 Å². The van der Waals surface area contributed by atoms with Gasteiger partial charge in [0.2, 0.25) is 0 Å². The summed E-state index contributed by atoms with van der Waals surface area (Å²) in [5.41, 5.74) is 3.96. The van der Waals surface area contributed by atoms with Crippen LogP contribution < -0.4 is 0 Å². The highest BCUT2D eigenvalue weighted by atomic mass is 19.1. The Morgan fingerprint density at radius 2 is 1.70 bits per heavy atom. The lowest BCUT2D eigenvalue weighted by molar-refractivity contribution is 0.177. The van der Waals surface area contributed by atoms with Crippen LogP contribution in [0.2, 0.25) is 0 Å². The van der Waals surface area contributed by atoms with Gasteiger partial charge in [-0.1, -0.05) is 44.2 Å². The third-order valence-electron chi connectivity index (χ3n) is 3.67. The van der Waals surface area contributed by atoms with Gasteiger partial charge in [-0.25, -0.2) is 4.39 Å². The van der Waals surface area contributed by atoms with Gasteiger partial charge < -0.3 is 5.11 Å². The van der Waals surface area contributed by atoms with Crippen molar-refractivity contribution in [2.75, 3.05) is 0 Å². The van der Waals surface area contributed by atoms with Crippen molar-refractivity contribution in [1.82, 2.24) is 0 Å². The number of aliphatic hydroxyl groups is 1. The fourth-order valence-corrected chi connectivity index (χ4v) is 2.38. The van der Waals surface area contributed by atoms with Crippen LogP contribution in [0.4, 0.5) is 4.39 Å². The van der Waals surface area contributed by atoms with Crippen LogP contribution in [0, 0.1) is 12.7 Å². The Kier molecular flexibility index (Phi) is 4.56. The zero-order valence-corrected chi connectivity index (χ0v) is 12.2. The zero-order valence-electron chi connectivity index (χ0n) is 12.2. The molecular formula is C18H21FO. The summed E-state index contributed by atoms with van der Waals surface area (Å²) in [7, 11) is 0. The highest BCUT2D eigenvalue weighted by Crippen LogP contribution is 2.23. The second-order valence-electron chi connectivity index (χ2n) is 5.62. The van der Waals surface area contributed by atoms with Gasteiger partial charge in [0, 0.05) is 6.42 Å². The molecule has 0 spiro atoms. The first-order valence-corrected chi connectivity index (χ1v) is 7.00. The highest BCUT2D eigenvalue weighted by Gasteiger charge is 2.12. The second-order valence-corrected chi connectivity index (χ2v) is 5.62. The molecule has 2 heteroatoms. The molecule has 0 radical (unpaired) electrons. The largest absolute Gasteiger partial charge is 0.388 e. The Bertz CT molecular complexity index is 572. The summed E-state index contributed by atoms with van der Waals surface area (Å²) < 4.78 is 13.1. The van der Waals surface area contributed by atoms with Gasteiger partial charge in [-0.2, -0.15) is 0 Å². The van der Waals surface area contributed by atoms with Crippen molar-refractivity contribution in [2.24, 2.45) is 0 Å². The van der Waals surface area contributed by atoms with Crippen LogP contribution in [-0.4, -0.2) is 5.11 Å². The molecule has 0 aliphatic rings.